The monoisotopic (exact) mass is 1230 g/mol. The van der Waals surface area contributed by atoms with Gasteiger partial charge in [0.05, 0.1) is 45.8 Å². The summed E-state index contributed by atoms with van der Waals surface area (Å²) in [5, 5.41) is 63.8. The van der Waals surface area contributed by atoms with Crippen molar-refractivity contribution in [1.82, 2.24) is 9.13 Å². The Bertz CT molecular complexity index is 4470. The molecule has 9 aromatic carbocycles. The number of ether oxygens (including phenoxy) is 2. The molecule has 19 nitrogen and oxygen atoms in total. The molecule has 0 spiro atoms. The van der Waals surface area contributed by atoms with Crippen molar-refractivity contribution in [2.24, 2.45) is 20.5 Å². The molecule has 11 rings (SSSR count). The third-order valence-electron chi connectivity index (χ3n) is 15.8. The van der Waals surface area contributed by atoms with Gasteiger partial charge in [-0.25, -0.2) is 9.59 Å². The number of fused-ring (bicyclic) bond motifs is 6. The van der Waals surface area contributed by atoms with Gasteiger partial charge in [-0.15, -0.1) is 0 Å². The van der Waals surface area contributed by atoms with Crippen LogP contribution in [0, 0.1) is 42.9 Å². The lowest BCUT2D eigenvalue weighted by molar-refractivity contribution is -0.385. The number of nitriles is 2. The van der Waals surface area contributed by atoms with Crippen LogP contribution in [-0.4, -0.2) is 44.1 Å². The van der Waals surface area contributed by atoms with E-state index in [1.807, 2.05) is 157 Å². The number of para-hydroxylation sites is 3. The average molecular weight is 1230 g/mol. The molecule has 0 atom stereocenters. The first kappa shape index (κ1) is 62.4. The number of nitro benzene ring substituents is 2. The van der Waals surface area contributed by atoms with Crippen LogP contribution < -0.4 is 4.90 Å². The molecule has 460 valence electrons. The lowest BCUT2D eigenvalue weighted by atomic mass is 10.1. The zero-order chi connectivity index (χ0) is 64.5. The van der Waals surface area contributed by atoms with Crippen molar-refractivity contribution in [2.75, 3.05) is 18.1 Å². The van der Waals surface area contributed by atoms with E-state index < -0.39 is 21.8 Å². The molecule has 19 heteroatoms. The Labute approximate surface area is 535 Å². The van der Waals surface area contributed by atoms with E-state index in [9.17, 15) is 40.3 Å². The topological polar surface area (TPSA) is 249 Å². The molecule has 11 aromatic rings. The van der Waals surface area contributed by atoms with Crippen LogP contribution in [0.3, 0.4) is 0 Å². The Kier molecular flexibility index (Phi) is 20.0. The maximum atomic E-state index is 13.2. The number of anilines is 3. The summed E-state index contributed by atoms with van der Waals surface area (Å²) in [5.74, 6) is -1.37. The van der Waals surface area contributed by atoms with Crippen molar-refractivity contribution in [1.29, 1.82) is 10.5 Å². The predicted octanol–water partition coefficient (Wildman–Crippen LogP) is 19.4. The molecule has 0 radical (unpaired) electrons. The van der Waals surface area contributed by atoms with E-state index in [4.69, 9.17) is 9.47 Å². The molecule has 0 amide bonds. The van der Waals surface area contributed by atoms with Crippen LogP contribution in [0.2, 0.25) is 0 Å². The van der Waals surface area contributed by atoms with Crippen molar-refractivity contribution >= 4 is 119 Å². The fraction of sp³-hybridized carbons (Fsp3) is 0.162. The number of nitro groups is 2. The van der Waals surface area contributed by atoms with E-state index in [1.165, 1.54) is 36.4 Å². The van der Waals surface area contributed by atoms with E-state index in [0.29, 0.717) is 46.7 Å². The van der Waals surface area contributed by atoms with E-state index in [2.05, 4.69) is 53.9 Å². The van der Waals surface area contributed by atoms with Gasteiger partial charge in [-0.2, -0.15) is 31.0 Å². The molecular weight excluding hydrogens is 1170 g/mol. The molecule has 93 heavy (non-hydrogen) atoms. The van der Waals surface area contributed by atoms with Crippen molar-refractivity contribution < 1.29 is 28.9 Å². The van der Waals surface area contributed by atoms with E-state index >= 15 is 0 Å². The number of aryl methyl sites for hydroxylation is 2. The number of aromatic nitrogens is 2. The standard InChI is InChI=1S/C74H61N11O8/c75-50-54(73(86)92-44-14-3-1-12-42-81-69-20-10-8-18-65(69)67-48-58(30-40-71(67)81)79-77-56-26-36-63(37-27-56)84(88)89)46-52-22-32-61(33-23-52)83(60-16-6-5-7-17-60)62-34-24-53(25-35-62)47-55(51-76)74(87)93-45-15-4-2-13-43-82-70-21-11-9-19-66(70)68-49-59(31-41-72(68)82)80-78-57-28-38-64(39-29-57)85(90)91/h5-11,16-41,46-49H,1-4,12-15,42-45H2/b54-46-,55-47+,79-77?,80-78?. The van der Waals surface area contributed by atoms with Gasteiger partial charge in [-0.1, -0.05) is 91.7 Å². The highest BCUT2D eigenvalue weighted by molar-refractivity contribution is 6.10. The van der Waals surface area contributed by atoms with Crippen LogP contribution in [0.5, 0.6) is 0 Å². The summed E-state index contributed by atoms with van der Waals surface area (Å²) in [6.07, 6.45) is 9.57. The molecule has 0 aliphatic carbocycles. The molecule has 0 unspecified atom stereocenters. The maximum absolute atomic E-state index is 13.2. The maximum Gasteiger partial charge on any atom is 0.348 e. The van der Waals surface area contributed by atoms with E-state index in [0.717, 1.165) is 112 Å². The zero-order valence-corrected chi connectivity index (χ0v) is 50.5. The highest BCUT2D eigenvalue weighted by Gasteiger charge is 2.18. The van der Waals surface area contributed by atoms with Crippen LogP contribution in [-0.2, 0) is 32.2 Å². The molecule has 0 aliphatic heterocycles. The van der Waals surface area contributed by atoms with Crippen molar-refractivity contribution in [2.45, 2.75) is 64.5 Å². The second kappa shape index (κ2) is 29.9. The summed E-state index contributed by atoms with van der Waals surface area (Å²) in [6, 6.07) is 68.9. The average Bonchev–Trinajstić information content (AvgIpc) is 1.74. The highest BCUT2D eigenvalue weighted by Crippen LogP contribution is 2.37. The summed E-state index contributed by atoms with van der Waals surface area (Å²) in [5.41, 5.74) is 10.3. The second-order valence-corrected chi connectivity index (χ2v) is 22.0. The van der Waals surface area contributed by atoms with Gasteiger partial charge in [0.2, 0.25) is 0 Å². The van der Waals surface area contributed by atoms with Crippen LogP contribution in [0.1, 0.15) is 62.5 Å². The summed E-state index contributed by atoms with van der Waals surface area (Å²) in [4.78, 5) is 49.5. The first-order valence-electron chi connectivity index (χ1n) is 30.5. The van der Waals surface area contributed by atoms with Crippen molar-refractivity contribution in [3.8, 4) is 12.1 Å². The predicted molar refractivity (Wildman–Crippen MR) is 361 cm³/mol. The molecule has 0 aliphatic rings. The fourth-order valence-electron chi connectivity index (χ4n) is 11.2. The number of nitrogens with zero attached hydrogens (tertiary/aromatic N) is 11. The number of carbonyl (C=O) groups excluding carboxylic acids is 2. The number of azo groups is 2. The smallest absolute Gasteiger partial charge is 0.348 e. The Morgan fingerprint density at radius 2 is 0.774 bits per heavy atom. The number of esters is 2. The van der Waals surface area contributed by atoms with E-state index in [1.54, 1.807) is 24.3 Å². The van der Waals surface area contributed by atoms with Gasteiger partial charge in [-0.05, 0) is 171 Å². The van der Waals surface area contributed by atoms with Gasteiger partial charge in [-0.3, -0.25) is 20.2 Å². The molecule has 2 heterocycles. The normalized spacial score (nSPS) is 11.8. The van der Waals surface area contributed by atoms with Crippen LogP contribution in [0.15, 0.2) is 244 Å². The number of benzene rings is 9. The van der Waals surface area contributed by atoms with Gasteiger partial charge >= 0.3 is 11.9 Å². The van der Waals surface area contributed by atoms with Gasteiger partial charge < -0.3 is 23.5 Å². The minimum atomic E-state index is -0.685. The molecule has 0 N–H and O–H groups in total. The highest BCUT2D eigenvalue weighted by atomic mass is 16.6. The van der Waals surface area contributed by atoms with Gasteiger partial charge in [0.25, 0.3) is 11.4 Å². The van der Waals surface area contributed by atoms with Crippen LogP contribution >= 0.6 is 0 Å². The minimum Gasteiger partial charge on any atom is -0.462 e. The minimum absolute atomic E-state index is 0.00926. The Morgan fingerprint density at radius 1 is 0.419 bits per heavy atom. The number of unbranched alkanes of at least 4 members (excludes halogenated alkanes) is 6. The Morgan fingerprint density at radius 3 is 1.18 bits per heavy atom. The molecule has 2 aromatic heterocycles. The zero-order valence-electron chi connectivity index (χ0n) is 50.5. The summed E-state index contributed by atoms with van der Waals surface area (Å²) in [6.45, 7) is 1.92. The van der Waals surface area contributed by atoms with Crippen molar-refractivity contribution in [3.63, 3.8) is 0 Å². The number of carbonyl (C=O) groups is 2. The summed E-state index contributed by atoms with van der Waals surface area (Å²) >= 11 is 0. The quantitative estimate of drug-likeness (QED) is 0.00890. The second-order valence-electron chi connectivity index (χ2n) is 22.0. The lowest BCUT2D eigenvalue weighted by Gasteiger charge is -2.25. The molecule has 0 saturated carbocycles. The summed E-state index contributed by atoms with van der Waals surface area (Å²) < 4.78 is 15.7. The number of rotatable bonds is 27. The van der Waals surface area contributed by atoms with Gasteiger partial charge in [0, 0.05) is 98.0 Å². The first-order valence-corrected chi connectivity index (χ1v) is 30.5. The molecule has 0 fully saturated rings. The van der Waals surface area contributed by atoms with Gasteiger partial charge in [0.15, 0.2) is 0 Å². The third kappa shape index (κ3) is 15.3. The largest absolute Gasteiger partial charge is 0.462 e. The fourth-order valence-corrected chi connectivity index (χ4v) is 11.2. The SMILES string of the molecule is N#C/C(=C/c1ccc(N(c2ccccc2)c2ccc(/C=C(\C#N)C(=O)OCCCCCCn3c4ccccc4c4cc(N=Nc5ccc([N+](=O)[O-])cc5)ccc43)cc2)cc1)C(=O)OCCCCCCn1c2ccccc2c2cc(N=Nc3ccc([N+](=O)[O-])cc3)ccc21. The third-order valence-corrected chi connectivity index (χ3v) is 15.8. The summed E-state index contributed by atoms with van der Waals surface area (Å²) in [7, 11) is 0. The molecular formula is C74H61N11O8. The van der Waals surface area contributed by atoms with Crippen LogP contribution in [0.25, 0.3) is 55.8 Å². The lowest BCUT2D eigenvalue weighted by Crippen LogP contribution is -2.10. The Hall–Kier alpha value is -12.2. The molecule has 0 bridgehead atoms. The van der Waals surface area contributed by atoms with Crippen LogP contribution in [0.4, 0.5) is 51.2 Å². The number of non-ortho nitro benzene ring substituents is 2. The number of hydrogen-bond donors (Lipinski definition) is 0. The number of hydrogen-bond acceptors (Lipinski definition) is 15. The molecule has 0 saturated heterocycles. The first-order chi connectivity index (χ1) is 45.5. The van der Waals surface area contributed by atoms with Gasteiger partial charge in [0.1, 0.15) is 23.3 Å². The van der Waals surface area contributed by atoms with E-state index in [-0.39, 0.29) is 35.7 Å². The Balaban J connectivity index is 0.634. The van der Waals surface area contributed by atoms with Crippen molar-refractivity contribution in [3.05, 3.63) is 255 Å².